The van der Waals surface area contributed by atoms with Gasteiger partial charge in [0.15, 0.2) is 0 Å². The first-order chi connectivity index (χ1) is 8.68. The van der Waals surface area contributed by atoms with Crippen LogP contribution in [0.25, 0.3) is 0 Å². The molecule has 0 aliphatic carbocycles. The van der Waals surface area contributed by atoms with Gasteiger partial charge in [0.25, 0.3) is 0 Å². The summed E-state index contributed by atoms with van der Waals surface area (Å²) in [6.45, 7) is 6.61. The van der Waals surface area contributed by atoms with Gasteiger partial charge in [0.05, 0.1) is 12.6 Å². The molecule has 1 spiro atoms. The van der Waals surface area contributed by atoms with Crippen molar-refractivity contribution in [3.8, 4) is 0 Å². The minimum atomic E-state index is 0.00890. The Balaban J connectivity index is 1.64. The number of anilines is 1. The van der Waals surface area contributed by atoms with E-state index in [9.17, 15) is 0 Å². The minimum Gasteiger partial charge on any atom is -0.368 e. The third-order valence-corrected chi connectivity index (χ3v) is 4.96. The van der Waals surface area contributed by atoms with E-state index in [1.807, 2.05) is 0 Å². The highest BCUT2D eigenvalue weighted by atomic mass is 16.5. The molecule has 0 N–H and O–H groups in total. The number of benzene rings is 1. The summed E-state index contributed by atoms with van der Waals surface area (Å²) in [6, 6.07) is 8.85. The fourth-order valence-electron chi connectivity index (χ4n) is 3.84. The van der Waals surface area contributed by atoms with Gasteiger partial charge in [-0.15, -0.1) is 0 Å². The average Bonchev–Trinajstić information content (AvgIpc) is 3.01. The summed E-state index contributed by atoms with van der Waals surface area (Å²) in [6.07, 6.45) is 4.95. The summed E-state index contributed by atoms with van der Waals surface area (Å²) in [7, 11) is 0. The lowest BCUT2D eigenvalue weighted by molar-refractivity contribution is 0.0330. The normalized spacial score (nSPS) is 40.6. The molecule has 1 aromatic rings. The van der Waals surface area contributed by atoms with Crippen LogP contribution in [0.4, 0.5) is 5.69 Å². The van der Waals surface area contributed by atoms with Gasteiger partial charge >= 0.3 is 0 Å². The molecule has 4 atom stereocenters. The highest BCUT2D eigenvalue weighted by Gasteiger charge is 2.59. The van der Waals surface area contributed by atoms with Crippen molar-refractivity contribution >= 4 is 5.69 Å². The van der Waals surface area contributed by atoms with Crippen LogP contribution >= 0.6 is 0 Å². The summed E-state index contributed by atoms with van der Waals surface area (Å²) in [5, 5.41) is 0. The molecule has 2 fully saturated rings. The smallest absolute Gasteiger partial charge is 0.109 e. The van der Waals surface area contributed by atoms with Gasteiger partial charge < -0.3 is 9.64 Å². The maximum absolute atomic E-state index is 6.22. The van der Waals surface area contributed by atoms with Crippen molar-refractivity contribution in [3.05, 3.63) is 42.0 Å². The van der Waals surface area contributed by atoms with Gasteiger partial charge in [-0.2, -0.15) is 0 Å². The Bertz CT molecular complexity index is 506. The SMILES string of the molecule is Cc1ccc(N2C[C@@H]3[C@H](C)[C@H]4C=C[C@]3(C2)O4)cc1. The molecule has 94 valence electrons. The fourth-order valence-corrected chi connectivity index (χ4v) is 3.84. The number of ether oxygens (including phenoxy) is 1. The zero-order chi connectivity index (χ0) is 12.3. The van der Waals surface area contributed by atoms with Crippen molar-refractivity contribution in [1.29, 1.82) is 0 Å². The van der Waals surface area contributed by atoms with Gasteiger partial charge in [0.2, 0.25) is 0 Å². The predicted octanol–water partition coefficient (Wildman–Crippen LogP) is 2.77. The summed E-state index contributed by atoms with van der Waals surface area (Å²) >= 11 is 0. The Morgan fingerprint density at radius 1 is 1.28 bits per heavy atom. The minimum absolute atomic E-state index is 0.00890. The van der Waals surface area contributed by atoms with E-state index < -0.39 is 0 Å². The van der Waals surface area contributed by atoms with Crippen molar-refractivity contribution in [2.75, 3.05) is 18.0 Å². The van der Waals surface area contributed by atoms with Crippen LogP contribution in [0.15, 0.2) is 36.4 Å². The molecule has 0 unspecified atom stereocenters. The Morgan fingerprint density at radius 2 is 2.06 bits per heavy atom. The molecule has 3 heterocycles. The van der Waals surface area contributed by atoms with Crippen molar-refractivity contribution in [3.63, 3.8) is 0 Å². The first-order valence-electron chi connectivity index (χ1n) is 6.87. The third-order valence-electron chi connectivity index (χ3n) is 4.96. The van der Waals surface area contributed by atoms with E-state index in [1.54, 1.807) is 0 Å². The maximum atomic E-state index is 6.22. The Kier molecular flexibility index (Phi) is 2.00. The van der Waals surface area contributed by atoms with Crippen molar-refractivity contribution in [1.82, 2.24) is 0 Å². The number of fused-ring (bicyclic) bond motifs is 1. The fraction of sp³-hybridized carbons (Fsp3) is 0.500. The van der Waals surface area contributed by atoms with Crippen LogP contribution in [0, 0.1) is 18.8 Å². The monoisotopic (exact) mass is 241 g/mol. The molecular formula is C16H19NO. The molecule has 2 heteroatoms. The number of nitrogens with zero attached hydrogens (tertiary/aromatic N) is 1. The van der Waals surface area contributed by atoms with E-state index in [-0.39, 0.29) is 5.60 Å². The molecule has 3 aliphatic heterocycles. The van der Waals surface area contributed by atoms with E-state index in [2.05, 4.69) is 55.2 Å². The summed E-state index contributed by atoms with van der Waals surface area (Å²) in [5.41, 5.74) is 2.66. The lowest BCUT2D eigenvalue weighted by Crippen LogP contribution is -2.34. The molecule has 3 aliphatic rings. The van der Waals surface area contributed by atoms with Crippen LogP contribution in [-0.4, -0.2) is 24.8 Å². The van der Waals surface area contributed by atoms with E-state index >= 15 is 0 Å². The highest BCUT2D eigenvalue weighted by Crippen LogP contribution is 2.51. The van der Waals surface area contributed by atoms with Crippen molar-refractivity contribution in [2.45, 2.75) is 25.6 Å². The molecule has 4 rings (SSSR count). The average molecular weight is 241 g/mol. The Morgan fingerprint density at radius 3 is 2.78 bits per heavy atom. The second kappa shape index (κ2) is 3.39. The second-order valence-electron chi connectivity index (χ2n) is 6.08. The quantitative estimate of drug-likeness (QED) is 0.701. The summed E-state index contributed by atoms with van der Waals surface area (Å²) in [4.78, 5) is 2.48. The second-order valence-corrected chi connectivity index (χ2v) is 6.08. The maximum Gasteiger partial charge on any atom is 0.109 e. The Hall–Kier alpha value is -1.28. The molecule has 0 aromatic heterocycles. The predicted molar refractivity (Wildman–Crippen MR) is 72.8 cm³/mol. The number of hydrogen-bond acceptors (Lipinski definition) is 2. The lowest BCUT2D eigenvalue weighted by Gasteiger charge is -2.23. The number of aryl methyl sites for hydroxylation is 1. The summed E-state index contributed by atoms with van der Waals surface area (Å²) in [5.74, 6) is 1.32. The van der Waals surface area contributed by atoms with Crippen LogP contribution < -0.4 is 4.90 Å². The molecule has 1 aromatic carbocycles. The van der Waals surface area contributed by atoms with Crippen LogP contribution in [0.3, 0.4) is 0 Å². The molecule has 18 heavy (non-hydrogen) atoms. The van der Waals surface area contributed by atoms with Crippen LogP contribution in [0.2, 0.25) is 0 Å². The first kappa shape index (κ1) is 10.6. The zero-order valence-electron chi connectivity index (χ0n) is 11.0. The Labute approximate surface area is 108 Å². The highest BCUT2D eigenvalue weighted by molar-refractivity contribution is 5.51. The molecule has 0 amide bonds. The van der Waals surface area contributed by atoms with E-state index in [0.29, 0.717) is 17.9 Å². The van der Waals surface area contributed by atoms with Crippen LogP contribution in [-0.2, 0) is 4.74 Å². The molecule has 0 saturated carbocycles. The van der Waals surface area contributed by atoms with E-state index in [4.69, 9.17) is 4.74 Å². The van der Waals surface area contributed by atoms with Crippen LogP contribution in [0.5, 0.6) is 0 Å². The molecule has 2 saturated heterocycles. The van der Waals surface area contributed by atoms with Gasteiger partial charge in [0.1, 0.15) is 5.60 Å². The third kappa shape index (κ3) is 1.27. The van der Waals surface area contributed by atoms with Gasteiger partial charge in [-0.1, -0.05) is 36.8 Å². The number of rotatable bonds is 1. The first-order valence-corrected chi connectivity index (χ1v) is 6.87. The molecule has 2 bridgehead atoms. The number of hydrogen-bond donors (Lipinski definition) is 0. The van der Waals surface area contributed by atoms with Crippen LogP contribution in [0.1, 0.15) is 12.5 Å². The topological polar surface area (TPSA) is 12.5 Å². The van der Waals surface area contributed by atoms with E-state index in [1.165, 1.54) is 11.3 Å². The van der Waals surface area contributed by atoms with Crippen molar-refractivity contribution in [2.24, 2.45) is 11.8 Å². The van der Waals surface area contributed by atoms with Gasteiger partial charge in [-0.3, -0.25) is 0 Å². The van der Waals surface area contributed by atoms with Gasteiger partial charge in [-0.05, 0) is 25.0 Å². The lowest BCUT2D eigenvalue weighted by atomic mass is 9.79. The largest absolute Gasteiger partial charge is 0.368 e. The summed E-state index contributed by atoms with van der Waals surface area (Å²) < 4.78 is 6.22. The standard InChI is InChI=1S/C16H19NO/c1-11-3-5-13(6-4-11)17-9-14-12(2)15-7-8-16(14,10-17)18-15/h3-8,12,14-15H,9-10H2,1-2H3/t12-,14+,15+,16+/m0/s1. The zero-order valence-corrected chi connectivity index (χ0v) is 11.0. The molecule has 0 radical (unpaired) electrons. The van der Waals surface area contributed by atoms with Gasteiger partial charge in [-0.25, -0.2) is 0 Å². The van der Waals surface area contributed by atoms with E-state index in [0.717, 1.165) is 13.1 Å². The molecular weight excluding hydrogens is 222 g/mol. The molecule has 2 nitrogen and oxygen atoms in total. The van der Waals surface area contributed by atoms with Gasteiger partial charge in [0, 0.05) is 18.2 Å². The van der Waals surface area contributed by atoms with Crippen molar-refractivity contribution < 1.29 is 4.74 Å².